The van der Waals surface area contributed by atoms with Gasteiger partial charge in [-0.3, -0.25) is 0 Å². The summed E-state index contributed by atoms with van der Waals surface area (Å²) < 4.78 is 6.38. The van der Waals surface area contributed by atoms with Crippen molar-refractivity contribution >= 4 is 21.4 Å². The summed E-state index contributed by atoms with van der Waals surface area (Å²) in [5, 5.41) is 13.1. The molecule has 1 aromatic carbocycles. The largest absolute Gasteiger partial charge is 0.495 e. The van der Waals surface area contributed by atoms with Gasteiger partial charge in [-0.25, -0.2) is 0 Å². The lowest BCUT2D eigenvalue weighted by molar-refractivity contribution is 0.0806. The third kappa shape index (κ3) is 1.73. The number of hydrogen-bond acceptors (Lipinski definition) is 3. The topological polar surface area (TPSA) is 29.5 Å². The molecular weight excluding hydrogens is 208 g/mol. The Morgan fingerprint density at radius 2 is 2.07 bits per heavy atom. The fraction of sp³-hybridized carbons (Fsp3) is 0.333. The Bertz CT molecular complexity index is 480. The van der Waals surface area contributed by atoms with Crippen LogP contribution in [-0.2, 0) is 5.60 Å². The van der Waals surface area contributed by atoms with Gasteiger partial charge in [0.05, 0.1) is 17.4 Å². The van der Waals surface area contributed by atoms with E-state index in [0.29, 0.717) is 0 Å². The predicted octanol–water partition coefficient (Wildman–Crippen LogP) is 3.14. The van der Waals surface area contributed by atoms with Crippen LogP contribution < -0.4 is 4.74 Å². The normalized spacial score (nSPS) is 12.0. The van der Waals surface area contributed by atoms with E-state index in [1.165, 1.54) is 0 Å². The van der Waals surface area contributed by atoms with Crippen LogP contribution in [0.25, 0.3) is 10.1 Å². The summed E-state index contributed by atoms with van der Waals surface area (Å²) in [7, 11) is 1.66. The van der Waals surface area contributed by atoms with E-state index >= 15 is 0 Å². The average Bonchev–Trinajstić information content (AvgIpc) is 2.59. The molecule has 0 unspecified atom stereocenters. The van der Waals surface area contributed by atoms with Crippen molar-refractivity contribution in [3.63, 3.8) is 0 Å². The van der Waals surface area contributed by atoms with Gasteiger partial charge in [0, 0.05) is 10.9 Å². The first-order valence-electron chi connectivity index (χ1n) is 4.81. The summed E-state index contributed by atoms with van der Waals surface area (Å²) in [5.41, 5.74) is 0.159. The van der Waals surface area contributed by atoms with E-state index in [-0.39, 0.29) is 0 Å². The van der Waals surface area contributed by atoms with Gasteiger partial charge in [-0.2, -0.15) is 0 Å². The van der Waals surface area contributed by atoms with E-state index < -0.39 is 5.60 Å². The van der Waals surface area contributed by atoms with E-state index in [2.05, 4.69) is 0 Å². The summed E-state index contributed by atoms with van der Waals surface area (Å²) in [6, 6.07) is 5.90. The Kier molecular flexibility index (Phi) is 2.44. The number of fused-ring (bicyclic) bond motifs is 1. The highest BCUT2D eigenvalue weighted by atomic mass is 32.1. The molecule has 2 rings (SSSR count). The number of rotatable bonds is 2. The summed E-state index contributed by atoms with van der Waals surface area (Å²) >= 11 is 1.61. The predicted molar refractivity (Wildman–Crippen MR) is 63.6 cm³/mol. The molecule has 1 aromatic heterocycles. The standard InChI is InChI=1S/C12H14O2S/c1-12(2,13)9-7-15-11-8(9)5-4-6-10(11)14-3/h4-7,13H,1-3H3. The minimum absolute atomic E-state index is 0.801. The molecule has 2 nitrogen and oxygen atoms in total. The molecule has 0 bridgehead atoms. The van der Waals surface area contributed by atoms with E-state index in [4.69, 9.17) is 4.74 Å². The van der Waals surface area contributed by atoms with Crippen LogP contribution in [0.4, 0.5) is 0 Å². The Morgan fingerprint density at radius 3 is 2.67 bits per heavy atom. The number of thiophene rings is 1. The summed E-state index contributed by atoms with van der Waals surface area (Å²) in [5.74, 6) is 0.869. The van der Waals surface area contributed by atoms with Gasteiger partial charge >= 0.3 is 0 Å². The monoisotopic (exact) mass is 222 g/mol. The average molecular weight is 222 g/mol. The van der Waals surface area contributed by atoms with E-state index in [1.807, 2.05) is 23.6 Å². The Balaban J connectivity index is 2.72. The zero-order valence-corrected chi connectivity index (χ0v) is 9.89. The van der Waals surface area contributed by atoms with E-state index in [1.54, 1.807) is 32.3 Å². The molecular formula is C12H14O2S. The van der Waals surface area contributed by atoms with Crippen molar-refractivity contribution in [2.24, 2.45) is 0 Å². The van der Waals surface area contributed by atoms with Crippen LogP contribution in [0.1, 0.15) is 19.4 Å². The highest BCUT2D eigenvalue weighted by Gasteiger charge is 2.21. The summed E-state index contributed by atoms with van der Waals surface area (Å²) in [6.45, 7) is 3.60. The van der Waals surface area contributed by atoms with Crippen LogP contribution in [0.3, 0.4) is 0 Å². The van der Waals surface area contributed by atoms with Crippen molar-refractivity contribution < 1.29 is 9.84 Å². The van der Waals surface area contributed by atoms with Crippen molar-refractivity contribution in [1.82, 2.24) is 0 Å². The molecule has 0 fully saturated rings. The molecule has 0 aliphatic heterocycles. The summed E-state index contributed by atoms with van der Waals surface area (Å²) in [4.78, 5) is 0. The molecule has 2 aromatic rings. The highest BCUT2D eigenvalue weighted by molar-refractivity contribution is 7.17. The maximum Gasteiger partial charge on any atom is 0.136 e. The minimum atomic E-state index is -0.801. The Morgan fingerprint density at radius 1 is 1.33 bits per heavy atom. The molecule has 0 amide bonds. The highest BCUT2D eigenvalue weighted by Crippen LogP contribution is 2.37. The van der Waals surface area contributed by atoms with Crippen LogP contribution in [0.2, 0.25) is 0 Å². The second kappa shape index (κ2) is 3.51. The van der Waals surface area contributed by atoms with Gasteiger partial charge in [0.25, 0.3) is 0 Å². The molecule has 3 heteroatoms. The molecule has 0 spiro atoms. The molecule has 0 atom stereocenters. The number of benzene rings is 1. The van der Waals surface area contributed by atoms with Gasteiger partial charge in [-0.1, -0.05) is 12.1 Å². The maximum atomic E-state index is 10.0. The number of ether oxygens (including phenoxy) is 1. The second-order valence-corrected chi connectivity index (χ2v) is 4.93. The van der Waals surface area contributed by atoms with Crippen LogP contribution in [0, 0.1) is 0 Å². The quantitative estimate of drug-likeness (QED) is 0.846. The number of methoxy groups -OCH3 is 1. The van der Waals surface area contributed by atoms with Crippen LogP contribution in [0.5, 0.6) is 5.75 Å². The van der Waals surface area contributed by atoms with Crippen LogP contribution >= 0.6 is 11.3 Å². The van der Waals surface area contributed by atoms with Gasteiger partial charge < -0.3 is 9.84 Å². The molecule has 0 aliphatic rings. The summed E-state index contributed by atoms with van der Waals surface area (Å²) in [6.07, 6.45) is 0. The Hall–Kier alpha value is -1.06. The van der Waals surface area contributed by atoms with E-state index in [0.717, 1.165) is 21.4 Å². The van der Waals surface area contributed by atoms with Gasteiger partial charge in [-0.05, 0) is 25.3 Å². The first-order valence-corrected chi connectivity index (χ1v) is 5.69. The first-order chi connectivity index (χ1) is 7.04. The fourth-order valence-electron chi connectivity index (χ4n) is 1.67. The molecule has 0 saturated heterocycles. The van der Waals surface area contributed by atoms with Crippen molar-refractivity contribution in [2.75, 3.05) is 7.11 Å². The van der Waals surface area contributed by atoms with Crippen LogP contribution in [0.15, 0.2) is 23.6 Å². The van der Waals surface area contributed by atoms with E-state index in [9.17, 15) is 5.11 Å². The van der Waals surface area contributed by atoms with Crippen molar-refractivity contribution in [2.45, 2.75) is 19.4 Å². The van der Waals surface area contributed by atoms with Crippen molar-refractivity contribution in [3.05, 3.63) is 29.1 Å². The SMILES string of the molecule is COc1cccc2c(C(C)(C)O)csc12. The zero-order valence-electron chi connectivity index (χ0n) is 9.07. The lowest BCUT2D eigenvalue weighted by Crippen LogP contribution is -2.14. The molecule has 0 aliphatic carbocycles. The lowest BCUT2D eigenvalue weighted by Gasteiger charge is -2.16. The fourth-order valence-corrected chi connectivity index (χ4v) is 2.89. The molecule has 15 heavy (non-hydrogen) atoms. The molecule has 0 saturated carbocycles. The number of hydrogen-bond donors (Lipinski definition) is 1. The van der Waals surface area contributed by atoms with Crippen molar-refractivity contribution in [3.8, 4) is 5.75 Å². The molecule has 1 N–H and O–H groups in total. The first kappa shape index (κ1) is 10.5. The second-order valence-electron chi connectivity index (χ2n) is 4.05. The maximum absolute atomic E-state index is 10.0. The molecule has 0 radical (unpaired) electrons. The van der Waals surface area contributed by atoms with Gasteiger partial charge in [0.2, 0.25) is 0 Å². The zero-order chi connectivity index (χ0) is 11.1. The Labute approximate surface area is 93.1 Å². The number of aliphatic hydroxyl groups is 1. The third-order valence-corrected chi connectivity index (χ3v) is 3.45. The van der Waals surface area contributed by atoms with Crippen LogP contribution in [-0.4, -0.2) is 12.2 Å². The lowest BCUT2D eigenvalue weighted by atomic mass is 9.98. The molecule has 80 valence electrons. The van der Waals surface area contributed by atoms with Gasteiger partial charge in [0.1, 0.15) is 5.75 Å². The smallest absolute Gasteiger partial charge is 0.136 e. The van der Waals surface area contributed by atoms with Gasteiger partial charge in [0.15, 0.2) is 0 Å². The van der Waals surface area contributed by atoms with Gasteiger partial charge in [-0.15, -0.1) is 11.3 Å². The molecule has 1 heterocycles. The third-order valence-electron chi connectivity index (χ3n) is 2.44. The van der Waals surface area contributed by atoms with Crippen molar-refractivity contribution in [1.29, 1.82) is 0 Å². The minimum Gasteiger partial charge on any atom is -0.495 e.